The van der Waals surface area contributed by atoms with E-state index < -0.39 is 10.7 Å². The molecule has 1 aromatic rings. The molecule has 4 heteroatoms. The van der Waals surface area contributed by atoms with Crippen LogP contribution >= 0.6 is 27.7 Å². The lowest BCUT2D eigenvalue weighted by Gasteiger charge is -2.08. The molecule has 74 valence electrons. The maximum atomic E-state index is 10.9. The molecular formula is C10H9BrO2S. The molecule has 0 radical (unpaired) electrons. The second-order valence-electron chi connectivity index (χ2n) is 3.36. The highest BCUT2D eigenvalue weighted by Crippen LogP contribution is 2.51. The van der Waals surface area contributed by atoms with E-state index in [-0.39, 0.29) is 0 Å². The molecule has 2 rings (SSSR count). The van der Waals surface area contributed by atoms with Gasteiger partial charge in [0.2, 0.25) is 0 Å². The zero-order valence-electron chi connectivity index (χ0n) is 7.37. The molecule has 2 nitrogen and oxygen atoms in total. The Hall–Kier alpha value is -0.480. The maximum absolute atomic E-state index is 10.9. The van der Waals surface area contributed by atoms with E-state index in [2.05, 4.69) is 15.9 Å². The molecule has 1 N–H and O–H groups in total. The quantitative estimate of drug-likeness (QED) is 0.919. The minimum absolute atomic E-state index is 0.534. The Kier molecular flexibility index (Phi) is 2.58. The standard InChI is InChI=1S/C10H9BrO2S/c11-7-1-3-8(4-2-7)14-10(5-6-10)9(12)13/h1-4H,5-6H2,(H,12,13). The van der Waals surface area contributed by atoms with Gasteiger partial charge in [0, 0.05) is 9.37 Å². The van der Waals surface area contributed by atoms with E-state index in [0.29, 0.717) is 0 Å². The number of aliphatic carboxylic acids is 1. The fourth-order valence-corrected chi connectivity index (χ4v) is 2.58. The van der Waals surface area contributed by atoms with Crippen molar-refractivity contribution in [3.8, 4) is 0 Å². The maximum Gasteiger partial charge on any atom is 0.320 e. The van der Waals surface area contributed by atoms with Gasteiger partial charge in [-0.3, -0.25) is 4.79 Å². The first-order valence-electron chi connectivity index (χ1n) is 4.30. The molecular weight excluding hydrogens is 264 g/mol. The van der Waals surface area contributed by atoms with Gasteiger partial charge in [0.15, 0.2) is 0 Å². The largest absolute Gasteiger partial charge is 0.480 e. The van der Waals surface area contributed by atoms with Gasteiger partial charge in [-0.25, -0.2) is 0 Å². The Balaban J connectivity index is 2.11. The van der Waals surface area contributed by atoms with Gasteiger partial charge in [-0.2, -0.15) is 0 Å². The van der Waals surface area contributed by atoms with Crippen molar-refractivity contribution in [1.82, 2.24) is 0 Å². The second-order valence-corrected chi connectivity index (χ2v) is 5.73. The molecule has 0 aliphatic heterocycles. The molecule has 1 aromatic carbocycles. The van der Waals surface area contributed by atoms with Crippen LogP contribution in [-0.2, 0) is 4.79 Å². The first-order valence-corrected chi connectivity index (χ1v) is 5.91. The molecule has 1 aliphatic carbocycles. The van der Waals surface area contributed by atoms with Crippen LogP contribution in [0.1, 0.15) is 12.8 Å². The first-order chi connectivity index (χ1) is 6.62. The summed E-state index contributed by atoms with van der Waals surface area (Å²) in [6.07, 6.45) is 1.56. The van der Waals surface area contributed by atoms with Gasteiger partial charge in [-0.1, -0.05) is 15.9 Å². The number of hydrogen-bond donors (Lipinski definition) is 1. The molecule has 1 aliphatic rings. The van der Waals surface area contributed by atoms with Crippen LogP contribution in [0.3, 0.4) is 0 Å². The third-order valence-corrected chi connectivity index (χ3v) is 4.23. The van der Waals surface area contributed by atoms with Crippen molar-refractivity contribution in [2.24, 2.45) is 0 Å². The van der Waals surface area contributed by atoms with E-state index in [1.807, 2.05) is 24.3 Å². The summed E-state index contributed by atoms with van der Waals surface area (Å²) < 4.78 is 0.482. The van der Waals surface area contributed by atoms with Crippen molar-refractivity contribution in [2.45, 2.75) is 22.5 Å². The Morgan fingerprint density at radius 2 is 1.93 bits per heavy atom. The van der Waals surface area contributed by atoms with Crippen LogP contribution in [0, 0.1) is 0 Å². The summed E-state index contributed by atoms with van der Waals surface area (Å²) in [5, 5.41) is 8.99. The van der Waals surface area contributed by atoms with Crippen LogP contribution < -0.4 is 0 Å². The SMILES string of the molecule is O=C(O)C1(Sc2ccc(Br)cc2)CC1. The molecule has 0 bridgehead atoms. The molecule has 1 saturated carbocycles. The fraction of sp³-hybridized carbons (Fsp3) is 0.300. The number of halogens is 1. The summed E-state index contributed by atoms with van der Waals surface area (Å²) in [6, 6.07) is 7.75. The van der Waals surface area contributed by atoms with Crippen molar-refractivity contribution in [1.29, 1.82) is 0 Å². The lowest BCUT2D eigenvalue weighted by Crippen LogP contribution is -2.16. The first kappa shape index (κ1) is 10.1. The average molecular weight is 273 g/mol. The summed E-state index contributed by atoms with van der Waals surface area (Å²) in [5.41, 5.74) is 0. The van der Waals surface area contributed by atoms with Crippen molar-refractivity contribution in [3.63, 3.8) is 0 Å². The van der Waals surface area contributed by atoms with E-state index in [1.165, 1.54) is 11.8 Å². The molecule has 0 spiro atoms. The van der Waals surface area contributed by atoms with Crippen molar-refractivity contribution in [3.05, 3.63) is 28.7 Å². The third-order valence-electron chi connectivity index (χ3n) is 2.22. The van der Waals surface area contributed by atoms with Crippen LogP contribution in [0.5, 0.6) is 0 Å². The highest BCUT2D eigenvalue weighted by Gasteiger charge is 2.51. The zero-order chi connectivity index (χ0) is 10.2. The number of benzene rings is 1. The lowest BCUT2D eigenvalue weighted by molar-refractivity contribution is -0.137. The minimum atomic E-state index is -0.689. The number of thioether (sulfide) groups is 1. The summed E-state index contributed by atoms with van der Waals surface area (Å²) in [7, 11) is 0. The molecule has 0 amide bonds. The number of hydrogen-bond acceptors (Lipinski definition) is 2. The van der Waals surface area contributed by atoms with E-state index in [1.54, 1.807) is 0 Å². The molecule has 0 heterocycles. The topological polar surface area (TPSA) is 37.3 Å². The van der Waals surface area contributed by atoms with E-state index in [0.717, 1.165) is 22.2 Å². The average Bonchev–Trinajstić information content (AvgIpc) is 2.90. The van der Waals surface area contributed by atoms with Gasteiger partial charge >= 0.3 is 5.97 Å². The van der Waals surface area contributed by atoms with Gasteiger partial charge in [0.05, 0.1) is 0 Å². The molecule has 14 heavy (non-hydrogen) atoms. The van der Waals surface area contributed by atoms with Gasteiger partial charge in [0.25, 0.3) is 0 Å². The summed E-state index contributed by atoms with van der Waals surface area (Å²) in [5.74, 6) is -0.689. The molecule has 0 atom stereocenters. The number of carboxylic acid groups (broad SMARTS) is 1. The number of carbonyl (C=O) groups is 1. The van der Waals surface area contributed by atoms with Gasteiger partial charge < -0.3 is 5.11 Å². The van der Waals surface area contributed by atoms with Crippen LogP contribution in [0.15, 0.2) is 33.6 Å². The lowest BCUT2D eigenvalue weighted by atomic mass is 10.4. The highest BCUT2D eigenvalue weighted by atomic mass is 79.9. The molecule has 1 fully saturated rings. The van der Waals surface area contributed by atoms with E-state index in [9.17, 15) is 4.79 Å². The van der Waals surface area contributed by atoms with Crippen LogP contribution in [-0.4, -0.2) is 15.8 Å². The van der Waals surface area contributed by atoms with Crippen LogP contribution in [0.25, 0.3) is 0 Å². The van der Waals surface area contributed by atoms with Gasteiger partial charge in [-0.15, -0.1) is 11.8 Å². The highest BCUT2D eigenvalue weighted by molar-refractivity contribution is 9.10. The summed E-state index contributed by atoms with van der Waals surface area (Å²) in [4.78, 5) is 11.9. The summed E-state index contributed by atoms with van der Waals surface area (Å²) >= 11 is 4.80. The fourth-order valence-electron chi connectivity index (χ4n) is 1.20. The van der Waals surface area contributed by atoms with Crippen molar-refractivity contribution in [2.75, 3.05) is 0 Å². The molecule has 0 aromatic heterocycles. The Bertz CT molecular complexity index is 357. The van der Waals surface area contributed by atoms with Gasteiger partial charge in [-0.05, 0) is 37.1 Å². The number of carboxylic acids is 1. The normalized spacial score (nSPS) is 17.8. The minimum Gasteiger partial charge on any atom is -0.480 e. The van der Waals surface area contributed by atoms with Crippen molar-refractivity contribution < 1.29 is 9.90 Å². The molecule has 0 unspecified atom stereocenters. The number of rotatable bonds is 3. The van der Waals surface area contributed by atoms with E-state index in [4.69, 9.17) is 5.11 Å². The Labute approximate surface area is 94.8 Å². The molecule has 0 saturated heterocycles. The predicted octanol–water partition coefficient (Wildman–Crippen LogP) is 3.16. The van der Waals surface area contributed by atoms with Crippen LogP contribution in [0.4, 0.5) is 0 Å². The third kappa shape index (κ3) is 1.96. The Morgan fingerprint density at radius 3 is 2.36 bits per heavy atom. The van der Waals surface area contributed by atoms with Crippen molar-refractivity contribution >= 4 is 33.7 Å². The van der Waals surface area contributed by atoms with E-state index >= 15 is 0 Å². The summed E-state index contributed by atoms with van der Waals surface area (Å²) in [6.45, 7) is 0. The zero-order valence-corrected chi connectivity index (χ0v) is 9.77. The smallest absolute Gasteiger partial charge is 0.320 e. The van der Waals surface area contributed by atoms with Crippen LogP contribution in [0.2, 0.25) is 0 Å². The second kappa shape index (κ2) is 3.59. The Morgan fingerprint density at radius 1 is 1.36 bits per heavy atom. The monoisotopic (exact) mass is 272 g/mol. The van der Waals surface area contributed by atoms with Gasteiger partial charge in [0.1, 0.15) is 4.75 Å². The predicted molar refractivity (Wildman–Crippen MR) is 59.6 cm³/mol.